The van der Waals surface area contributed by atoms with Gasteiger partial charge in [-0.25, -0.2) is 4.79 Å². The van der Waals surface area contributed by atoms with Crippen LogP contribution in [0.3, 0.4) is 0 Å². The van der Waals surface area contributed by atoms with Crippen molar-refractivity contribution in [2.24, 2.45) is 11.8 Å². The van der Waals surface area contributed by atoms with Crippen molar-refractivity contribution in [2.45, 2.75) is 39.2 Å². The summed E-state index contributed by atoms with van der Waals surface area (Å²) in [4.78, 5) is 34.1. The standard InChI is InChI=1S/C17H21ClN2O5/c1-10-4-3-5-15(11(10)2)19-16(21)9-25-17(22)13-7-6-12(20(23)24)8-14(13)18/h6-8,10-11,15H,3-5,9H2,1-2H3,(H,19,21)/t10-,11+,15+/m1/s1. The van der Waals surface area contributed by atoms with Crippen molar-refractivity contribution in [1.82, 2.24) is 5.32 Å². The average molecular weight is 369 g/mol. The van der Waals surface area contributed by atoms with E-state index in [2.05, 4.69) is 19.2 Å². The molecule has 7 nitrogen and oxygen atoms in total. The molecule has 0 aliphatic heterocycles. The highest BCUT2D eigenvalue weighted by Crippen LogP contribution is 2.29. The van der Waals surface area contributed by atoms with E-state index in [0.717, 1.165) is 31.4 Å². The van der Waals surface area contributed by atoms with Crippen molar-refractivity contribution in [2.75, 3.05) is 6.61 Å². The molecule has 1 amide bonds. The minimum absolute atomic E-state index is 0.0141. The van der Waals surface area contributed by atoms with E-state index in [9.17, 15) is 19.7 Å². The van der Waals surface area contributed by atoms with E-state index in [4.69, 9.17) is 16.3 Å². The molecule has 0 aromatic heterocycles. The highest BCUT2D eigenvalue weighted by molar-refractivity contribution is 6.33. The highest BCUT2D eigenvalue weighted by Gasteiger charge is 2.28. The van der Waals surface area contributed by atoms with Crippen LogP contribution in [0, 0.1) is 22.0 Å². The van der Waals surface area contributed by atoms with Crippen LogP contribution in [0.2, 0.25) is 5.02 Å². The molecule has 0 saturated heterocycles. The number of halogens is 1. The number of carbonyl (C=O) groups is 2. The SMILES string of the molecule is C[C@H]1[C@H](C)CCC[C@@H]1NC(=O)COC(=O)c1ccc([N+](=O)[O-])cc1Cl. The fourth-order valence-corrected chi connectivity index (χ4v) is 3.28. The van der Waals surface area contributed by atoms with E-state index in [0.29, 0.717) is 11.8 Å². The molecule has 1 saturated carbocycles. The number of ether oxygens (including phenoxy) is 1. The Hall–Kier alpha value is -2.15. The van der Waals surface area contributed by atoms with Gasteiger partial charge in [0.25, 0.3) is 11.6 Å². The van der Waals surface area contributed by atoms with Crippen molar-refractivity contribution >= 4 is 29.2 Å². The molecule has 1 N–H and O–H groups in total. The number of nitrogens with zero attached hydrogens (tertiary/aromatic N) is 1. The van der Waals surface area contributed by atoms with Crippen LogP contribution in [-0.4, -0.2) is 29.4 Å². The van der Waals surface area contributed by atoms with Gasteiger partial charge in [-0.1, -0.05) is 38.3 Å². The lowest BCUT2D eigenvalue weighted by Crippen LogP contribution is -2.45. The van der Waals surface area contributed by atoms with Crippen LogP contribution in [0.4, 0.5) is 5.69 Å². The van der Waals surface area contributed by atoms with Crippen molar-refractivity contribution in [3.63, 3.8) is 0 Å². The maximum Gasteiger partial charge on any atom is 0.340 e. The van der Waals surface area contributed by atoms with Gasteiger partial charge in [-0.2, -0.15) is 0 Å². The van der Waals surface area contributed by atoms with E-state index in [1.165, 1.54) is 6.07 Å². The van der Waals surface area contributed by atoms with Gasteiger partial charge in [0.15, 0.2) is 6.61 Å². The van der Waals surface area contributed by atoms with Gasteiger partial charge in [0.05, 0.1) is 15.5 Å². The van der Waals surface area contributed by atoms with Gasteiger partial charge in [-0.05, 0) is 24.3 Å². The molecule has 0 bridgehead atoms. The van der Waals surface area contributed by atoms with Crippen LogP contribution in [0.15, 0.2) is 18.2 Å². The Morgan fingerprint density at radius 3 is 2.72 bits per heavy atom. The van der Waals surface area contributed by atoms with Gasteiger partial charge in [0.2, 0.25) is 0 Å². The Morgan fingerprint density at radius 1 is 1.36 bits per heavy atom. The Labute approximate surface area is 150 Å². The molecule has 3 atom stereocenters. The molecule has 0 radical (unpaired) electrons. The molecule has 1 aromatic carbocycles. The van der Waals surface area contributed by atoms with Crippen molar-refractivity contribution in [3.8, 4) is 0 Å². The molecule has 8 heteroatoms. The van der Waals surface area contributed by atoms with Crippen molar-refractivity contribution in [3.05, 3.63) is 38.9 Å². The average Bonchev–Trinajstić information content (AvgIpc) is 2.56. The smallest absolute Gasteiger partial charge is 0.340 e. The van der Waals surface area contributed by atoms with E-state index in [1.807, 2.05) is 0 Å². The Balaban J connectivity index is 1.89. The second-order valence-electron chi connectivity index (χ2n) is 6.44. The summed E-state index contributed by atoms with van der Waals surface area (Å²) in [5.74, 6) is -0.240. The Bertz CT molecular complexity index is 679. The Morgan fingerprint density at radius 2 is 2.08 bits per heavy atom. The zero-order valence-corrected chi connectivity index (χ0v) is 14.9. The lowest BCUT2D eigenvalue weighted by molar-refractivity contribution is -0.384. The second kappa shape index (κ2) is 8.29. The molecule has 1 aliphatic carbocycles. The molecule has 0 heterocycles. The predicted molar refractivity (Wildman–Crippen MR) is 92.5 cm³/mol. The third-order valence-corrected chi connectivity index (χ3v) is 5.08. The molecule has 136 valence electrons. The molecular weight excluding hydrogens is 348 g/mol. The maximum absolute atomic E-state index is 12.0. The molecular formula is C17H21ClN2O5. The number of nitro benzene ring substituents is 1. The molecule has 1 fully saturated rings. The summed E-state index contributed by atoms with van der Waals surface area (Å²) in [7, 11) is 0. The first-order valence-electron chi connectivity index (χ1n) is 8.20. The zero-order valence-electron chi connectivity index (χ0n) is 14.2. The number of hydrogen-bond acceptors (Lipinski definition) is 5. The number of carbonyl (C=O) groups excluding carboxylic acids is 2. The van der Waals surface area contributed by atoms with Crippen LogP contribution in [0.25, 0.3) is 0 Å². The summed E-state index contributed by atoms with van der Waals surface area (Å²) in [6.45, 7) is 3.86. The number of non-ortho nitro benzene ring substituents is 1. The van der Waals surface area contributed by atoms with Crippen LogP contribution in [-0.2, 0) is 9.53 Å². The summed E-state index contributed by atoms with van der Waals surface area (Å²) >= 11 is 5.87. The van der Waals surface area contributed by atoms with Crippen LogP contribution in [0.5, 0.6) is 0 Å². The first-order chi connectivity index (χ1) is 11.8. The lowest BCUT2D eigenvalue weighted by atomic mass is 9.78. The zero-order chi connectivity index (χ0) is 18.6. The fourth-order valence-electron chi connectivity index (χ4n) is 3.03. The Kier molecular flexibility index (Phi) is 6.36. The minimum atomic E-state index is -0.792. The van der Waals surface area contributed by atoms with E-state index < -0.39 is 17.5 Å². The van der Waals surface area contributed by atoms with Gasteiger partial charge in [-0.3, -0.25) is 14.9 Å². The number of benzene rings is 1. The summed E-state index contributed by atoms with van der Waals surface area (Å²) in [5, 5.41) is 13.5. The number of esters is 1. The monoisotopic (exact) mass is 368 g/mol. The highest BCUT2D eigenvalue weighted by atomic mass is 35.5. The second-order valence-corrected chi connectivity index (χ2v) is 6.85. The van der Waals surface area contributed by atoms with Crippen LogP contribution < -0.4 is 5.32 Å². The molecule has 1 aromatic rings. The van der Waals surface area contributed by atoms with Gasteiger partial charge < -0.3 is 10.1 Å². The first-order valence-corrected chi connectivity index (χ1v) is 8.57. The minimum Gasteiger partial charge on any atom is -0.452 e. The molecule has 2 rings (SSSR count). The first kappa shape index (κ1) is 19.2. The van der Waals surface area contributed by atoms with Crippen LogP contribution in [0.1, 0.15) is 43.5 Å². The van der Waals surface area contributed by atoms with E-state index in [-0.39, 0.29) is 28.2 Å². The number of amides is 1. The molecule has 0 unspecified atom stereocenters. The van der Waals surface area contributed by atoms with Gasteiger partial charge >= 0.3 is 5.97 Å². The number of hydrogen-bond donors (Lipinski definition) is 1. The largest absolute Gasteiger partial charge is 0.452 e. The van der Waals surface area contributed by atoms with E-state index in [1.54, 1.807) is 0 Å². The summed E-state index contributed by atoms with van der Waals surface area (Å²) in [6.07, 6.45) is 3.13. The van der Waals surface area contributed by atoms with Gasteiger partial charge in [0.1, 0.15) is 0 Å². The normalized spacial score (nSPS) is 22.9. The van der Waals surface area contributed by atoms with Crippen molar-refractivity contribution in [1.29, 1.82) is 0 Å². The predicted octanol–water partition coefficient (Wildman–Crippen LogP) is 3.35. The quantitative estimate of drug-likeness (QED) is 0.488. The fraction of sp³-hybridized carbons (Fsp3) is 0.529. The maximum atomic E-state index is 12.0. The van der Waals surface area contributed by atoms with Gasteiger partial charge in [-0.15, -0.1) is 0 Å². The van der Waals surface area contributed by atoms with Gasteiger partial charge in [0, 0.05) is 18.2 Å². The lowest BCUT2D eigenvalue weighted by Gasteiger charge is -2.34. The number of nitrogens with one attached hydrogen (secondary N) is 1. The summed E-state index contributed by atoms with van der Waals surface area (Å²) < 4.78 is 4.97. The topological polar surface area (TPSA) is 98.5 Å². The summed E-state index contributed by atoms with van der Waals surface area (Å²) in [5.41, 5.74) is -0.237. The molecule has 25 heavy (non-hydrogen) atoms. The number of rotatable bonds is 5. The summed E-state index contributed by atoms with van der Waals surface area (Å²) in [6, 6.07) is 3.53. The third kappa shape index (κ3) is 4.92. The van der Waals surface area contributed by atoms with Crippen LogP contribution >= 0.6 is 11.6 Å². The molecule has 0 spiro atoms. The molecule has 1 aliphatic rings. The van der Waals surface area contributed by atoms with Crippen molar-refractivity contribution < 1.29 is 19.2 Å². The third-order valence-electron chi connectivity index (χ3n) is 4.77. The number of nitro groups is 1. The van der Waals surface area contributed by atoms with E-state index >= 15 is 0 Å².